The summed E-state index contributed by atoms with van der Waals surface area (Å²) in [5.74, 6) is -1.29. The first kappa shape index (κ1) is 18.0. The molecular formula is C15H20ClN5O3. The van der Waals surface area contributed by atoms with Crippen LogP contribution >= 0.6 is 11.6 Å². The van der Waals surface area contributed by atoms with Crippen LogP contribution in [0.3, 0.4) is 0 Å². The second kappa shape index (κ2) is 7.48. The highest BCUT2D eigenvalue weighted by atomic mass is 35.5. The fraction of sp³-hybridized carbons (Fsp3) is 0.467. The molecule has 2 N–H and O–H groups in total. The van der Waals surface area contributed by atoms with Crippen molar-refractivity contribution in [3.05, 3.63) is 34.4 Å². The molecule has 0 spiro atoms. The van der Waals surface area contributed by atoms with Gasteiger partial charge in [0.15, 0.2) is 0 Å². The molecule has 2 aromatic heterocycles. The molecule has 8 nitrogen and oxygen atoms in total. The van der Waals surface area contributed by atoms with E-state index >= 15 is 0 Å². The zero-order valence-electron chi connectivity index (χ0n) is 13.8. The molecule has 2 heterocycles. The quantitative estimate of drug-likeness (QED) is 0.739. The van der Waals surface area contributed by atoms with Crippen LogP contribution in [0.25, 0.3) is 0 Å². The molecule has 0 bridgehead atoms. The minimum Gasteiger partial charge on any atom is -0.478 e. The van der Waals surface area contributed by atoms with Crippen LogP contribution in [-0.2, 0) is 11.3 Å². The van der Waals surface area contributed by atoms with E-state index in [-0.39, 0.29) is 11.5 Å². The van der Waals surface area contributed by atoms with Crippen molar-refractivity contribution < 1.29 is 14.7 Å². The maximum absolute atomic E-state index is 12.1. The lowest BCUT2D eigenvalue weighted by atomic mass is 10.3. The number of aryl methyl sites for hydroxylation is 2. The van der Waals surface area contributed by atoms with Crippen molar-refractivity contribution in [2.75, 3.05) is 6.54 Å². The van der Waals surface area contributed by atoms with Gasteiger partial charge in [-0.05, 0) is 27.2 Å². The summed E-state index contributed by atoms with van der Waals surface area (Å²) >= 11 is 6.09. The Balaban J connectivity index is 1.82. The van der Waals surface area contributed by atoms with Gasteiger partial charge in [0.05, 0.1) is 28.2 Å². The van der Waals surface area contributed by atoms with Gasteiger partial charge in [-0.25, -0.2) is 4.79 Å². The Labute approximate surface area is 144 Å². The van der Waals surface area contributed by atoms with E-state index in [0.29, 0.717) is 24.5 Å². The summed E-state index contributed by atoms with van der Waals surface area (Å²) in [4.78, 5) is 22.9. The van der Waals surface area contributed by atoms with Gasteiger partial charge in [-0.3, -0.25) is 14.2 Å². The fourth-order valence-corrected chi connectivity index (χ4v) is 2.40. The summed E-state index contributed by atoms with van der Waals surface area (Å²) in [6.07, 6.45) is 3.26. The highest BCUT2D eigenvalue weighted by molar-refractivity contribution is 6.31. The van der Waals surface area contributed by atoms with E-state index in [1.165, 1.54) is 17.1 Å². The molecule has 1 atom stereocenters. The highest BCUT2D eigenvalue weighted by Gasteiger charge is 2.17. The lowest BCUT2D eigenvalue weighted by Gasteiger charge is -2.12. The molecule has 0 aliphatic heterocycles. The van der Waals surface area contributed by atoms with Gasteiger partial charge < -0.3 is 10.4 Å². The molecule has 2 aromatic rings. The van der Waals surface area contributed by atoms with Crippen LogP contribution in [0.1, 0.15) is 41.1 Å². The summed E-state index contributed by atoms with van der Waals surface area (Å²) in [5, 5.41) is 20.6. The molecule has 0 saturated carbocycles. The molecule has 9 heteroatoms. The smallest absolute Gasteiger partial charge is 0.338 e. The maximum Gasteiger partial charge on any atom is 0.338 e. The second-order valence-corrected chi connectivity index (χ2v) is 5.92. The normalized spacial score (nSPS) is 12.2. The molecule has 0 radical (unpaired) electrons. The molecule has 0 aliphatic rings. The van der Waals surface area contributed by atoms with Crippen LogP contribution in [0.15, 0.2) is 12.4 Å². The van der Waals surface area contributed by atoms with E-state index in [2.05, 4.69) is 15.5 Å². The van der Waals surface area contributed by atoms with Crippen molar-refractivity contribution in [2.45, 2.75) is 39.8 Å². The number of rotatable bonds is 7. The van der Waals surface area contributed by atoms with Crippen molar-refractivity contribution in [2.24, 2.45) is 0 Å². The molecule has 0 aliphatic carbocycles. The predicted octanol–water partition coefficient (Wildman–Crippen LogP) is 1.82. The summed E-state index contributed by atoms with van der Waals surface area (Å²) in [6, 6.07) is -0.582. The molecule has 130 valence electrons. The fourth-order valence-electron chi connectivity index (χ4n) is 2.26. The van der Waals surface area contributed by atoms with Gasteiger partial charge in [0.1, 0.15) is 6.04 Å². The van der Waals surface area contributed by atoms with Crippen molar-refractivity contribution in [3.63, 3.8) is 0 Å². The van der Waals surface area contributed by atoms with Gasteiger partial charge in [0.2, 0.25) is 5.91 Å². The Morgan fingerprint density at radius 3 is 2.67 bits per heavy atom. The Bertz CT molecular complexity index is 752. The second-order valence-electron chi connectivity index (χ2n) is 5.54. The Morgan fingerprint density at radius 1 is 1.42 bits per heavy atom. The molecule has 0 aromatic carbocycles. The lowest BCUT2D eigenvalue weighted by molar-refractivity contribution is -0.124. The van der Waals surface area contributed by atoms with Crippen LogP contribution in [0, 0.1) is 13.8 Å². The van der Waals surface area contributed by atoms with Gasteiger partial charge in [0, 0.05) is 19.3 Å². The number of halogens is 1. The van der Waals surface area contributed by atoms with E-state index in [4.69, 9.17) is 16.7 Å². The maximum atomic E-state index is 12.1. The topological polar surface area (TPSA) is 102 Å². The number of carbonyl (C=O) groups is 2. The first-order chi connectivity index (χ1) is 11.3. The average Bonchev–Trinajstić information content (AvgIpc) is 3.12. The van der Waals surface area contributed by atoms with Crippen molar-refractivity contribution in [1.82, 2.24) is 24.9 Å². The van der Waals surface area contributed by atoms with Gasteiger partial charge in [-0.1, -0.05) is 11.6 Å². The number of carboxylic acids is 1. The number of aromatic carboxylic acids is 1. The predicted molar refractivity (Wildman–Crippen MR) is 88.2 cm³/mol. The lowest BCUT2D eigenvalue weighted by Crippen LogP contribution is -2.32. The van der Waals surface area contributed by atoms with Crippen molar-refractivity contribution >= 4 is 23.5 Å². The third-order valence-electron chi connectivity index (χ3n) is 3.76. The first-order valence-electron chi connectivity index (χ1n) is 7.56. The third-order valence-corrected chi connectivity index (χ3v) is 4.31. The summed E-state index contributed by atoms with van der Waals surface area (Å²) < 4.78 is 3.15. The Morgan fingerprint density at radius 2 is 2.12 bits per heavy atom. The molecule has 1 unspecified atom stereocenters. The van der Waals surface area contributed by atoms with Crippen LogP contribution in [0.4, 0.5) is 0 Å². The molecule has 24 heavy (non-hydrogen) atoms. The van der Waals surface area contributed by atoms with Crippen LogP contribution < -0.4 is 5.32 Å². The molecule has 1 amide bonds. The number of amides is 1. The monoisotopic (exact) mass is 353 g/mol. The van der Waals surface area contributed by atoms with E-state index in [0.717, 1.165) is 11.4 Å². The minimum absolute atomic E-state index is 0.0519. The molecular weight excluding hydrogens is 334 g/mol. The number of aromatic nitrogens is 4. The van der Waals surface area contributed by atoms with Crippen LogP contribution in [0.5, 0.6) is 0 Å². The largest absolute Gasteiger partial charge is 0.478 e. The summed E-state index contributed by atoms with van der Waals surface area (Å²) in [6.45, 7) is 6.55. The van der Waals surface area contributed by atoms with Crippen LogP contribution in [0.2, 0.25) is 5.02 Å². The zero-order chi connectivity index (χ0) is 17.9. The molecule has 0 saturated heterocycles. The number of nitrogens with zero attached hydrogens (tertiary/aromatic N) is 4. The SMILES string of the molecule is Cc1nn(CCCNC(=O)C(C)n2cc(C(=O)O)cn2)c(C)c1Cl. The highest BCUT2D eigenvalue weighted by Crippen LogP contribution is 2.18. The minimum atomic E-state index is -1.07. The first-order valence-corrected chi connectivity index (χ1v) is 7.93. The summed E-state index contributed by atoms with van der Waals surface area (Å²) in [5.41, 5.74) is 1.75. The number of carboxylic acid groups (broad SMARTS) is 1. The van der Waals surface area contributed by atoms with Crippen molar-refractivity contribution in [1.29, 1.82) is 0 Å². The number of carbonyl (C=O) groups excluding carboxylic acids is 1. The number of hydrogen-bond acceptors (Lipinski definition) is 4. The standard InChI is InChI=1S/C15H20ClN5O3/c1-9-13(16)10(2)20(19-9)6-4-5-17-14(22)11(3)21-8-12(7-18-21)15(23)24/h7-8,11H,4-6H2,1-3H3,(H,17,22)(H,23,24). The number of hydrogen-bond donors (Lipinski definition) is 2. The van der Waals surface area contributed by atoms with Gasteiger partial charge >= 0.3 is 5.97 Å². The van der Waals surface area contributed by atoms with Crippen molar-refractivity contribution in [3.8, 4) is 0 Å². The van der Waals surface area contributed by atoms with Gasteiger partial charge in [0.25, 0.3) is 0 Å². The Hall–Kier alpha value is -2.35. The van der Waals surface area contributed by atoms with Gasteiger partial charge in [-0.15, -0.1) is 0 Å². The van der Waals surface area contributed by atoms with Crippen LogP contribution in [-0.4, -0.2) is 43.1 Å². The van der Waals surface area contributed by atoms with E-state index in [1.54, 1.807) is 6.92 Å². The third kappa shape index (κ3) is 3.94. The molecule has 2 rings (SSSR count). The average molecular weight is 354 g/mol. The van der Waals surface area contributed by atoms with Gasteiger partial charge in [-0.2, -0.15) is 10.2 Å². The zero-order valence-corrected chi connectivity index (χ0v) is 14.5. The van der Waals surface area contributed by atoms with E-state index < -0.39 is 12.0 Å². The van der Waals surface area contributed by atoms with E-state index in [1.807, 2.05) is 18.5 Å². The number of nitrogens with one attached hydrogen (secondary N) is 1. The van der Waals surface area contributed by atoms with E-state index in [9.17, 15) is 9.59 Å². The molecule has 0 fully saturated rings. The summed E-state index contributed by atoms with van der Waals surface area (Å²) in [7, 11) is 0. The Kier molecular flexibility index (Phi) is 5.61.